The first-order valence-corrected chi connectivity index (χ1v) is 4.80. The van der Waals surface area contributed by atoms with Crippen LogP contribution in [0, 0.1) is 0 Å². The van der Waals surface area contributed by atoms with Gasteiger partial charge < -0.3 is 15.6 Å². The average Bonchev–Trinajstić information content (AvgIpc) is 2.15. The van der Waals surface area contributed by atoms with Crippen LogP contribution in [-0.4, -0.2) is 17.8 Å². The van der Waals surface area contributed by atoms with Crippen LogP contribution in [0.5, 0.6) is 5.75 Å². The molecule has 4 heteroatoms. The molecule has 78 valence electrons. The fraction of sp³-hybridized carbons (Fsp3) is 0.400. The second kappa shape index (κ2) is 5.20. The molecule has 0 aliphatic carbocycles. The molecule has 14 heavy (non-hydrogen) atoms. The predicted molar refractivity (Wildman–Crippen MR) is 56.5 cm³/mol. The Morgan fingerprint density at radius 1 is 1.57 bits per heavy atom. The molecule has 1 atom stereocenters. The highest BCUT2D eigenvalue weighted by Gasteiger charge is 2.04. The summed E-state index contributed by atoms with van der Waals surface area (Å²) >= 11 is 5.81. The summed E-state index contributed by atoms with van der Waals surface area (Å²) in [5.74, 6) is 0.640. The van der Waals surface area contributed by atoms with Crippen LogP contribution >= 0.6 is 11.6 Å². The molecule has 0 aromatic heterocycles. The maximum Gasteiger partial charge on any atom is 0.125 e. The van der Waals surface area contributed by atoms with E-state index in [1.54, 1.807) is 19.1 Å². The maximum absolute atomic E-state index is 9.06. The third-order valence-electron chi connectivity index (χ3n) is 1.73. The van der Waals surface area contributed by atoms with Gasteiger partial charge in [-0.2, -0.15) is 0 Å². The van der Waals surface area contributed by atoms with Crippen molar-refractivity contribution in [1.29, 1.82) is 0 Å². The molecule has 0 radical (unpaired) electrons. The standard InChI is InChI=1S/C10H14ClNO2/c1-7(13)6-14-10-4-9(11)3-2-8(10)5-12/h2-4,7,13H,5-6,12H2,1H3. The van der Waals surface area contributed by atoms with Gasteiger partial charge in [-0.05, 0) is 19.1 Å². The lowest BCUT2D eigenvalue weighted by atomic mass is 10.2. The molecule has 0 heterocycles. The van der Waals surface area contributed by atoms with Crippen LogP contribution in [0.2, 0.25) is 5.02 Å². The minimum Gasteiger partial charge on any atom is -0.491 e. The van der Waals surface area contributed by atoms with Gasteiger partial charge in [-0.25, -0.2) is 0 Å². The van der Waals surface area contributed by atoms with E-state index < -0.39 is 6.10 Å². The monoisotopic (exact) mass is 215 g/mol. The molecule has 1 unspecified atom stereocenters. The quantitative estimate of drug-likeness (QED) is 0.802. The van der Waals surface area contributed by atoms with Crippen molar-refractivity contribution in [3.63, 3.8) is 0 Å². The lowest BCUT2D eigenvalue weighted by molar-refractivity contribution is 0.122. The van der Waals surface area contributed by atoms with E-state index in [0.717, 1.165) is 5.56 Å². The number of rotatable bonds is 4. The second-order valence-corrected chi connectivity index (χ2v) is 3.55. The average molecular weight is 216 g/mol. The molecule has 0 fully saturated rings. The van der Waals surface area contributed by atoms with Gasteiger partial charge in [0.25, 0.3) is 0 Å². The lowest BCUT2D eigenvalue weighted by Gasteiger charge is -2.11. The molecule has 0 bridgehead atoms. The van der Waals surface area contributed by atoms with Crippen LogP contribution in [0.1, 0.15) is 12.5 Å². The molecule has 1 aromatic rings. The van der Waals surface area contributed by atoms with E-state index >= 15 is 0 Å². The van der Waals surface area contributed by atoms with Crippen molar-refractivity contribution in [2.45, 2.75) is 19.6 Å². The minimum absolute atomic E-state index is 0.243. The third-order valence-corrected chi connectivity index (χ3v) is 1.96. The van der Waals surface area contributed by atoms with E-state index in [2.05, 4.69) is 0 Å². The summed E-state index contributed by atoms with van der Waals surface area (Å²) < 4.78 is 5.36. The van der Waals surface area contributed by atoms with Gasteiger partial charge in [0, 0.05) is 17.1 Å². The number of hydrogen-bond acceptors (Lipinski definition) is 3. The highest BCUT2D eigenvalue weighted by Crippen LogP contribution is 2.23. The molecular formula is C10H14ClNO2. The molecular weight excluding hydrogens is 202 g/mol. The van der Waals surface area contributed by atoms with E-state index in [9.17, 15) is 0 Å². The van der Waals surface area contributed by atoms with Gasteiger partial charge in [-0.15, -0.1) is 0 Å². The Labute approximate surface area is 88.4 Å². The van der Waals surface area contributed by atoms with E-state index in [-0.39, 0.29) is 6.61 Å². The highest BCUT2D eigenvalue weighted by molar-refractivity contribution is 6.30. The normalized spacial score (nSPS) is 12.6. The first-order valence-electron chi connectivity index (χ1n) is 4.43. The van der Waals surface area contributed by atoms with Crippen molar-refractivity contribution in [3.8, 4) is 5.75 Å². The van der Waals surface area contributed by atoms with Crippen LogP contribution < -0.4 is 10.5 Å². The Kier molecular flexibility index (Phi) is 4.20. The zero-order chi connectivity index (χ0) is 10.6. The molecule has 0 amide bonds. The van der Waals surface area contributed by atoms with Crippen LogP contribution in [0.4, 0.5) is 0 Å². The smallest absolute Gasteiger partial charge is 0.125 e. The summed E-state index contributed by atoms with van der Waals surface area (Å²) in [6.45, 7) is 2.30. The topological polar surface area (TPSA) is 55.5 Å². The Hall–Kier alpha value is -0.770. The van der Waals surface area contributed by atoms with Crippen molar-refractivity contribution in [2.24, 2.45) is 5.73 Å². The fourth-order valence-electron chi connectivity index (χ4n) is 1.04. The first kappa shape index (κ1) is 11.3. The van der Waals surface area contributed by atoms with Crippen LogP contribution in [0.15, 0.2) is 18.2 Å². The van der Waals surface area contributed by atoms with Crippen LogP contribution in [0.3, 0.4) is 0 Å². The summed E-state index contributed by atoms with van der Waals surface area (Å²) in [7, 11) is 0. The molecule has 1 rings (SSSR count). The highest BCUT2D eigenvalue weighted by atomic mass is 35.5. The number of benzene rings is 1. The number of aliphatic hydroxyl groups excluding tert-OH is 1. The van der Waals surface area contributed by atoms with Crippen molar-refractivity contribution >= 4 is 11.6 Å². The van der Waals surface area contributed by atoms with Gasteiger partial charge in [-0.1, -0.05) is 17.7 Å². The predicted octanol–water partition coefficient (Wildman–Crippen LogP) is 1.56. The molecule has 0 aliphatic rings. The SMILES string of the molecule is CC(O)COc1cc(Cl)ccc1CN. The van der Waals surface area contributed by atoms with E-state index in [1.807, 2.05) is 6.07 Å². The van der Waals surface area contributed by atoms with Gasteiger partial charge >= 0.3 is 0 Å². The maximum atomic E-state index is 9.06. The summed E-state index contributed by atoms with van der Waals surface area (Å²) in [5.41, 5.74) is 6.41. The number of halogens is 1. The first-order chi connectivity index (χ1) is 6.63. The molecule has 0 aliphatic heterocycles. The Morgan fingerprint density at radius 3 is 2.86 bits per heavy atom. The van der Waals surface area contributed by atoms with Gasteiger partial charge in [0.1, 0.15) is 12.4 Å². The summed E-state index contributed by atoms with van der Waals surface area (Å²) in [6, 6.07) is 5.28. The zero-order valence-corrected chi connectivity index (χ0v) is 8.79. The summed E-state index contributed by atoms with van der Waals surface area (Å²) in [5, 5.41) is 9.66. The Balaban J connectivity index is 2.77. The number of nitrogens with two attached hydrogens (primary N) is 1. The minimum atomic E-state index is -0.500. The summed E-state index contributed by atoms with van der Waals surface area (Å²) in [6.07, 6.45) is -0.500. The van der Waals surface area contributed by atoms with E-state index in [0.29, 0.717) is 17.3 Å². The number of hydrogen-bond donors (Lipinski definition) is 2. The largest absolute Gasteiger partial charge is 0.491 e. The van der Waals surface area contributed by atoms with Gasteiger partial charge in [0.2, 0.25) is 0 Å². The van der Waals surface area contributed by atoms with Crippen LogP contribution in [0.25, 0.3) is 0 Å². The van der Waals surface area contributed by atoms with Crippen LogP contribution in [-0.2, 0) is 6.54 Å². The van der Waals surface area contributed by atoms with Crippen molar-refractivity contribution in [1.82, 2.24) is 0 Å². The summed E-state index contributed by atoms with van der Waals surface area (Å²) in [4.78, 5) is 0. The molecule has 0 saturated carbocycles. The zero-order valence-electron chi connectivity index (χ0n) is 8.03. The molecule has 1 aromatic carbocycles. The van der Waals surface area contributed by atoms with E-state index in [1.165, 1.54) is 0 Å². The Bertz CT molecular complexity index is 302. The van der Waals surface area contributed by atoms with Crippen molar-refractivity contribution in [3.05, 3.63) is 28.8 Å². The fourth-order valence-corrected chi connectivity index (χ4v) is 1.20. The molecule has 3 N–H and O–H groups in total. The molecule has 0 saturated heterocycles. The Morgan fingerprint density at radius 2 is 2.29 bits per heavy atom. The molecule has 3 nitrogen and oxygen atoms in total. The molecule has 0 spiro atoms. The van der Waals surface area contributed by atoms with Gasteiger partial charge in [0.05, 0.1) is 6.10 Å². The number of aliphatic hydroxyl groups is 1. The van der Waals surface area contributed by atoms with Gasteiger partial charge in [0.15, 0.2) is 0 Å². The van der Waals surface area contributed by atoms with Crippen molar-refractivity contribution < 1.29 is 9.84 Å². The number of ether oxygens (including phenoxy) is 1. The third kappa shape index (κ3) is 3.18. The van der Waals surface area contributed by atoms with Crippen molar-refractivity contribution in [2.75, 3.05) is 6.61 Å². The second-order valence-electron chi connectivity index (χ2n) is 3.12. The van der Waals surface area contributed by atoms with E-state index in [4.69, 9.17) is 27.2 Å². The van der Waals surface area contributed by atoms with Gasteiger partial charge in [-0.3, -0.25) is 0 Å². The lowest BCUT2D eigenvalue weighted by Crippen LogP contribution is -2.14.